The third kappa shape index (κ3) is 27.4. The van der Waals surface area contributed by atoms with Crippen LogP contribution in [0, 0.1) is 13.8 Å². The van der Waals surface area contributed by atoms with E-state index in [0.717, 1.165) is 135 Å². The number of likely N-dealkylation sites (tertiary alicyclic amines) is 1. The zero-order valence-electron chi connectivity index (χ0n) is 88.7. The van der Waals surface area contributed by atoms with E-state index in [4.69, 9.17) is 29.4 Å². The van der Waals surface area contributed by atoms with Crippen molar-refractivity contribution in [3.8, 4) is 68.4 Å². The van der Waals surface area contributed by atoms with Crippen LogP contribution in [0.5, 0.6) is 11.5 Å². The van der Waals surface area contributed by atoms with Crippen molar-refractivity contribution in [2.75, 3.05) is 69.1 Å². The second-order valence-corrected chi connectivity index (χ2v) is 43.2. The Kier molecular flexibility index (Phi) is 33.0. The topological polar surface area (TPSA) is 355 Å². The SMILES string of the molecule is CC(C)(C)c1ccc(-c2nc(CCCCOc3ccccc3)n3[nH]c(=O)cc3n2)cc1.CC(C)(C)c1ccc(-c2nc(NC3CCN(Cc4ccccc4)CC3)n3[nH]c(=O)cc3n2)cc1.CCCCN(C)c1nc(-c2ccc(C(C)(C)C)cc2)nc2cc(=O)[nH]n12.CN(C)c1nc(-c2ccc(C(C)(C)C)cc2)nc2cc(=O)[nH]n12.Cc1cccc(OCCCCc2nc(-c3ccc(C(C)(C)C)cc3)nc3cc(=O)[nH]n23)c1C. The molecule has 0 atom stereocenters. The number of aromatic nitrogens is 20. The minimum atomic E-state index is -0.192. The van der Waals surface area contributed by atoms with Crippen LogP contribution in [0.15, 0.2) is 254 Å². The number of H-pyrrole nitrogens is 5. The number of hydrogen-bond acceptors (Lipinski definition) is 21. The zero-order valence-corrected chi connectivity index (χ0v) is 88.7. The molecule has 6 N–H and O–H groups in total. The first kappa shape index (κ1) is 106. The van der Waals surface area contributed by atoms with Crippen molar-refractivity contribution in [1.82, 2.24) is 103 Å². The Morgan fingerprint density at radius 1 is 0.361 bits per heavy atom. The van der Waals surface area contributed by atoms with Crippen molar-refractivity contribution in [2.24, 2.45) is 0 Å². The molecule has 19 rings (SSSR count). The molecule has 31 heteroatoms. The standard InChI is InChI=1S/C27H32N6O.C27H32N4O2.C25H28N4O2.C20H27N5O.C17H21N5O/c1-27(2,3)21-11-9-20(10-12-21)25-29-23-17-24(34)31-33(23)26(30-25)28-22-13-15-32(16-14-22)18-19-7-5-4-6-8-19;1-18-9-8-10-22(19(18)2)33-16-7-6-11-23-28-26(29-24-17-25(32)30-31(23)24)20-12-14-21(15-13-20)27(3,4)5;1-25(2,3)19-14-12-18(13-15-19)24-26-21(29-22(27-24)17-23(30)28-29)11-7-8-16-31-20-9-5-4-6-10-20;1-6-7-12-24(5)19-22-18(21-16-13-17(26)23-25(16)19)14-8-10-15(11-9-14)20(2,3)4;1-17(2,3)12-8-6-11(7-9-12)15-18-13-10-14(23)20-22(13)16(19-15)21(4)5/h4-12,17,22H,13-16,18H2,1-3H3,(H,31,34)(H,28,29,30);8-10,12-15,17H,6-7,11,16H2,1-5H3,(H,30,32);4-6,9-10,12-15,17H,7-8,11,16H2,1-3H3,(H,28,30);8-11,13H,6-7,12H2,1-5H3,(H,23,26);6-10H,1-5H3,(H,20,23). The minimum absolute atomic E-state index is 0.0827. The van der Waals surface area contributed by atoms with Gasteiger partial charge in [0, 0.05) is 124 Å². The molecule has 0 spiro atoms. The summed E-state index contributed by atoms with van der Waals surface area (Å²) in [5.74, 6) is 8.48. The van der Waals surface area contributed by atoms with Crippen LogP contribution < -0.4 is 52.4 Å². The number of aromatic amines is 5. The average molecular weight is 1980 g/mol. The molecule has 18 aromatic rings. The molecule has 147 heavy (non-hydrogen) atoms. The van der Waals surface area contributed by atoms with Crippen LogP contribution in [0.2, 0.25) is 0 Å². The van der Waals surface area contributed by atoms with Crippen molar-refractivity contribution in [3.05, 3.63) is 338 Å². The van der Waals surface area contributed by atoms with Crippen molar-refractivity contribution >= 4 is 46.1 Å². The summed E-state index contributed by atoms with van der Waals surface area (Å²) in [6.45, 7) is 44.4. The smallest absolute Gasteiger partial charge is 0.266 e. The number of rotatable bonds is 26. The number of benzene rings is 8. The highest BCUT2D eigenvalue weighted by Gasteiger charge is 2.27. The number of fused-ring (bicyclic) bond motifs is 5. The average Bonchev–Trinajstić information content (AvgIpc) is 1.93. The van der Waals surface area contributed by atoms with E-state index in [1.165, 1.54) is 74.8 Å². The van der Waals surface area contributed by atoms with E-state index in [-0.39, 0.29) is 60.9 Å². The molecule has 0 saturated carbocycles. The van der Waals surface area contributed by atoms with Gasteiger partial charge in [0.2, 0.25) is 17.8 Å². The van der Waals surface area contributed by atoms with Gasteiger partial charge in [-0.25, -0.2) is 57.5 Å². The van der Waals surface area contributed by atoms with E-state index in [9.17, 15) is 24.0 Å². The van der Waals surface area contributed by atoms with Gasteiger partial charge in [0.25, 0.3) is 27.8 Å². The lowest BCUT2D eigenvalue weighted by molar-refractivity contribution is 0.211. The Morgan fingerprint density at radius 3 is 1.09 bits per heavy atom. The Labute approximate surface area is 857 Å². The largest absolute Gasteiger partial charge is 0.494 e. The fourth-order valence-corrected chi connectivity index (χ4v) is 17.2. The van der Waals surface area contributed by atoms with Crippen LogP contribution in [0.4, 0.5) is 17.8 Å². The number of nitrogens with one attached hydrogen (secondary N) is 6. The van der Waals surface area contributed by atoms with Crippen LogP contribution >= 0.6 is 0 Å². The van der Waals surface area contributed by atoms with E-state index < -0.39 is 0 Å². The molecule has 10 aromatic heterocycles. The molecule has 0 radical (unpaired) electrons. The number of aryl methyl sites for hydroxylation is 3. The van der Waals surface area contributed by atoms with Gasteiger partial charge in [0.1, 0.15) is 23.1 Å². The van der Waals surface area contributed by atoms with Gasteiger partial charge in [-0.2, -0.15) is 15.0 Å². The molecule has 0 amide bonds. The molecule has 1 aliphatic rings. The first-order valence-electron chi connectivity index (χ1n) is 50.8. The van der Waals surface area contributed by atoms with Crippen LogP contribution in [-0.2, 0) is 46.5 Å². The van der Waals surface area contributed by atoms with Crippen LogP contribution in [-0.4, -0.2) is 163 Å². The maximum atomic E-state index is 12.1. The summed E-state index contributed by atoms with van der Waals surface area (Å²) in [6, 6.07) is 76.0. The molecular formula is C116H140N24O7. The van der Waals surface area contributed by atoms with Gasteiger partial charge in [0.05, 0.1) is 13.2 Å². The fraction of sp³-hybridized carbons (Fsp3) is 0.371. The van der Waals surface area contributed by atoms with Gasteiger partial charge in [-0.15, -0.1) is 0 Å². The Hall–Kier alpha value is -15.5. The van der Waals surface area contributed by atoms with E-state index in [1.54, 1.807) is 22.6 Å². The molecule has 0 unspecified atom stereocenters. The monoisotopic (exact) mass is 1980 g/mol. The van der Waals surface area contributed by atoms with E-state index in [1.807, 2.05) is 92.8 Å². The van der Waals surface area contributed by atoms with Gasteiger partial charge < -0.3 is 24.6 Å². The molecule has 31 nitrogen and oxygen atoms in total. The maximum Gasteiger partial charge on any atom is 0.266 e. The summed E-state index contributed by atoms with van der Waals surface area (Å²) < 4.78 is 20.0. The molecule has 0 bridgehead atoms. The van der Waals surface area contributed by atoms with Crippen LogP contribution in [0.1, 0.15) is 218 Å². The number of hydrogen-bond donors (Lipinski definition) is 6. The van der Waals surface area contributed by atoms with E-state index in [0.29, 0.717) is 94.8 Å². The predicted octanol–water partition coefficient (Wildman–Crippen LogP) is 20.7. The summed E-state index contributed by atoms with van der Waals surface area (Å²) in [7, 11) is 5.75. The summed E-state index contributed by atoms with van der Waals surface area (Å²) in [5.41, 5.74) is 17.2. The zero-order chi connectivity index (χ0) is 105. The summed E-state index contributed by atoms with van der Waals surface area (Å²) in [6.07, 6.45) is 9.17. The van der Waals surface area contributed by atoms with Crippen molar-refractivity contribution < 1.29 is 9.47 Å². The summed E-state index contributed by atoms with van der Waals surface area (Å²) >= 11 is 0. The number of anilines is 3. The second-order valence-electron chi connectivity index (χ2n) is 43.2. The Bertz CT molecular complexity index is 7800. The lowest BCUT2D eigenvalue weighted by Crippen LogP contribution is -2.39. The highest BCUT2D eigenvalue weighted by atomic mass is 16.5. The molecule has 8 aromatic carbocycles. The van der Waals surface area contributed by atoms with Crippen molar-refractivity contribution in [2.45, 2.75) is 228 Å². The summed E-state index contributed by atoms with van der Waals surface area (Å²) in [4.78, 5) is 112. The predicted molar refractivity (Wildman–Crippen MR) is 589 cm³/mol. The van der Waals surface area contributed by atoms with Gasteiger partial charge >= 0.3 is 0 Å². The number of nitrogens with zero attached hydrogens (tertiary/aromatic N) is 18. The quantitative estimate of drug-likeness (QED) is 0.0274. The van der Waals surface area contributed by atoms with Gasteiger partial charge in [-0.3, -0.25) is 54.4 Å². The summed E-state index contributed by atoms with van der Waals surface area (Å²) in [5, 5.41) is 17.5. The second kappa shape index (κ2) is 45.8. The Morgan fingerprint density at radius 2 is 0.701 bits per heavy atom. The lowest BCUT2D eigenvalue weighted by Gasteiger charge is -2.32. The van der Waals surface area contributed by atoms with Gasteiger partial charge in [-0.1, -0.05) is 299 Å². The fourth-order valence-electron chi connectivity index (χ4n) is 17.2. The molecule has 11 heterocycles. The van der Waals surface area contributed by atoms with Crippen molar-refractivity contribution in [1.29, 1.82) is 0 Å². The van der Waals surface area contributed by atoms with Gasteiger partial charge in [0.15, 0.2) is 57.4 Å². The number of unbranched alkanes of at least 4 members (excludes halogenated alkanes) is 3. The first-order chi connectivity index (χ1) is 70.0. The van der Waals surface area contributed by atoms with E-state index >= 15 is 0 Å². The third-order valence-corrected chi connectivity index (χ3v) is 26.1. The third-order valence-electron chi connectivity index (χ3n) is 26.1. The molecule has 1 aliphatic heterocycles. The maximum absolute atomic E-state index is 12.1. The van der Waals surface area contributed by atoms with E-state index in [2.05, 4.69) is 329 Å². The normalized spacial score (nSPS) is 12.7. The molecular weight excluding hydrogens is 1840 g/mol. The molecule has 0 aliphatic carbocycles. The van der Waals surface area contributed by atoms with Gasteiger partial charge in [-0.05, 0) is 149 Å². The lowest BCUT2D eigenvalue weighted by atomic mass is 9.86. The minimum Gasteiger partial charge on any atom is -0.494 e. The Balaban J connectivity index is 0.000000139. The number of piperidine rings is 1. The highest BCUT2D eigenvalue weighted by molar-refractivity contribution is 5.66. The first-order valence-corrected chi connectivity index (χ1v) is 50.8. The number of ether oxygens (including phenoxy) is 2. The van der Waals surface area contributed by atoms with Crippen molar-refractivity contribution in [3.63, 3.8) is 0 Å². The highest BCUT2D eigenvalue weighted by Crippen LogP contribution is 2.34. The molecule has 766 valence electrons. The van der Waals surface area contributed by atoms with Crippen LogP contribution in [0.25, 0.3) is 85.2 Å². The van der Waals surface area contributed by atoms with Crippen LogP contribution in [0.3, 0.4) is 0 Å². The molecule has 1 saturated heterocycles. The number of para-hydroxylation sites is 1. The molecule has 1 fully saturated rings.